The lowest BCUT2D eigenvalue weighted by Gasteiger charge is -2.00. The minimum Gasteiger partial charge on any atom is -0.454 e. The summed E-state index contributed by atoms with van der Waals surface area (Å²) in [5, 5.41) is 7.95. The van der Waals surface area contributed by atoms with Crippen molar-refractivity contribution < 1.29 is 9.47 Å². The van der Waals surface area contributed by atoms with Crippen molar-refractivity contribution in [1.82, 2.24) is 20.2 Å². The largest absolute Gasteiger partial charge is 0.454 e. The number of ether oxygens (including phenoxy) is 2. The van der Waals surface area contributed by atoms with Crippen LogP contribution in [0.4, 0.5) is 0 Å². The van der Waals surface area contributed by atoms with Crippen molar-refractivity contribution in [1.29, 1.82) is 0 Å². The average Bonchev–Trinajstić information content (AvgIpc) is 3.22. The first-order valence-corrected chi connectivity index (χ1v) is 7.73. The number of nitrogens with one attached hydrogen (secondary N) is 1. The summed E-state index contributed by atoms with van der Waals surface area (Å²) in [6, 6.07) is 11.6. The summed E-state index contributed by atoms with van der Waals surface area (Å²) >= 11 is 1.56. The molecule has 0 saturated carbocycles. The number of H-pyrrole nitrogens is 1. The summed E-state index contributed by atoms with van der Waals surface area (Å²) in [5.41, 5.74) is 1.83. The van der Waals surface area contributed by atoms with Crippen molar-refractivity contribution in [2.75, 3.05) is 6.79 Å². The molecule has 22 heavy (non-hydrogen) atoms. The van der Waals surface area contributed by atoms with Crippen LogP contribution in [0.3, 0.4) is 0 Å². The molecular formula is C15H12N4O2S. The Labute approximate surface area is 130 Å². The van der Waals surface area contributed by atoms with Crippen molar-refractivity contribution in [3.05, 3.63) is 48.3 Å². The number of hydrogen-bond donors (Lipinski definition) is 1. The molecule has 1 aliphatic rings. The highest BCUT2D eigenvalue weighted by molar-refractivity contribution is 7.98. The van der Waals surface area contributed by atoms with E-state index in [0.717, 1.165) is 27.9 Å². The monoisotopic (exact) mass is 312 g/mol. The molecule has 1 N–H and O–H groups in total. The van der Waals surface area contributed by atoms with E-state index >= 15 is 0 Å². The van der Waals surface area contributed by atoms with Crippen LogP contribution in [0.2, 0.25) is 0 Å². The maximum absolute atomic E-state index is 5.49. The number of para-hydroxylation sites is 1. The molecule has 0 fully saturated rings. The van der Waals surface area contributed by atoms with E-state index < -0.39 is 0 Å². The molecule has 6 nitrogen and oxygen atoms in total. The molecule has 0 radical (unpaired) electrons. The van der Waals surface area contributed by atoms with E-state index in [1.807, 2.05) is 36.4 Å². The standard InChI is InChI=1S/C15H12N4O2S/c1-2-7-16-10(4-1)8-22-15-17-14(18-19-15)11-5-3-6-12-13(11)21-9-20-12/h1-7H,8-9H2,(H,17,18,19). The van der Waals surface area contributed by atoms with E-state index in [4.69, 9.17) is 9.47 Å². The Balaban J connectivity index is 1.54. The van der Waals surface area contributed by atoms with Gasteiger partial charge in [-0.2, -0.15) is 5.10 Å². The smallest absolute Gasteiger partial charge is 0.231 e. The van der Waals surface area contributed by atoms with Crippen molar-refractivity contribution in [2.24, 2.45) is 0 Å². The first kappa shape index (κ1) is 13.1. The molecule has 0 atom stereocenters. The molecule has 0 bridgehead atoms. The zero-order valence-corrected chi connectivity index (χ0v) is 12.3. The lowest BCUT2D eigenvalue weighted by atomic mass is 10.2. The van der Waals surface area contributed by atoms with Gasteiger partial charge in [0.2, 0.25) is 6.79 Å². The minimum atomic E-state index is 0.234. The third kappa shape index (κ3) is 2.50. The van der Waals surface area contributed by atoms with Gasteiger partial charge in [0.25, 0.3) is 0 Å². The maximum Gasteiger partial charge on any atom is 0.231 e. The molecule has 7 heteroatoms. The highest BCUT2D eigenvalue weighted by Crippen LogP contribution is 2.40. The van der Waals surface area contributed by atoms with Crippen LogP contribution in [0, 0.1) is 0 Å². The zero-order chi connectivity index (χ0) is 14.8. The van der Waals surface area contributed by atoms with E-state index in [2.05, 4.69) is 20.2 Å². The van der Waals surface area contributed by atoms with Crippen LogP contribution in [0.5, 0.6) is 11.5 Å². The Bertz CT molecular complexity index is 791. The van der Waals surface area contributed by atoms with E-state index in [9.17, 15) is 0 Å². The van der Waals surface area contributed by atoms with Crippen molar-refractivity contribution in [3.8, 4) is 22.9 Å². The second-order valence-corrected chi connectivity index (χ2v) is 5.58. The van der Waals surface area contributed by atoms with Gasteiger partial charge in [0, 0.05) is 11.9 Å². The molecule has 2 aromatic heterocycles. The van der Waals surface area contributed by atoms with Crippen LogP contribution in [-0.2, 0) is 5.75 Å². The fraction of sp³-hybridized carbons (Fsp3) is 0.133. The number of rotatable bonds is 4. The predicted molar refractivity (Wildman–Crippen MR) is 81.7 cm³/mol. The molecule has 1 aliphatic heterocycles. The Morgan fingerprint density at radius 1 is 1.14 bits per heavy atom. The number of benzene rings is 1. The van der Waals surface area contributed by atoms with E-state index in [-0.39, 0.29) is 6.79 Å². The predicted octanol–water partition coefficient (Wildman–Crippen LogP) is 2.89. The molecule has 0 unspecified atom stereocenters. The SMILES string of the molecule is c1ccc(CSc2nc(-c3cccc4c3OCO4)n[nH]2)nc1. The highest BCUT2D eigenvalue weighted by Gasteiger charge is 2.20. The lowest BCUT2D eigenvalue weighted by molar-refractivity contribution is 0.174. The van der Waals surface area contributed by atoms with E-state index in [1.54, 1.807) is 18.0 Å². The molecule has 3 aromatic rings. The average molecular weight is 312 g/mol. The maximum atomic E-state index is 5.49. The first-order valence-electron chi connectivity index (χ1n) is 6.74. The third-order valence-electron chi connectivity index (χ3n) is 3.19. The van der Waals surface area contributed by atoms with Gasteiger partial charge in [-0.3, -0.25) is 10.1 Å². The fourth-order valence-corrected chi connectivity index (χ4v) is 2.88. The number of nitrogens with zero attached hydrogens (tertiary/aromatic N) is 3. The lowest BCUT2D eigenvalue weighted by Crippen LogP contribution is -1.93. The Morgan fingerprint density at radius 3 is 3.05 bits per heavy atom. The molecule has 0 spiro atoms. The van der Waals surface area contributed by atoms with Crippen LogP contribution < -0.4 is 9.47 Å². The van der Waals surface area contributed by atoms with E-state index in [1.165, 1.54) is 0 Å². The molecule has 4 rings (SSSR count). The Morgan fingerprint density at radius 2 is 2.14 bits per heavy atom. The number of thioether (sulfide) groups is 1. The van der Waals surface area contributed by atoms with Gasteiger partial charge in [-0.15, -0.1) is 0 Å². The molecule has 3 heterocycles. The molecule has 1 aromatic carbocycles. The van der Waals surface area contributed by atoms with Gasteiger partial charge in [-0.05, 0) is 24.3 Å². The second-order valence-electron chi connectivity index (χ2n) is 4.61. The molecule has 110 valence electrons. The van der Waals surface area contributed by atoms with Gasteiger partial charge >= 0.3 is 0 Å². The molecule has 0 saturated heterocycles. The minimum absolute atomic E-state index is 0.234. The fourth-order valence-electron chi connectivity index (χ4n) is 2.16. The first-order chi connectivity index (χ1) is 10.9. The van der Waals surface area contributed by atoms with Crippen molar-refractivity contribution >= 4 is 11.8 Å². The van der Waals surface area contributed by atoms with Crippen LogP contribution in [0.1, 0.15) is 5.69 Å². The van der Waals surface area contributed by atoms with Crippen molar-refractivity contribution in [3.63, 3.8) is 0 Å². The second kappa shape index (κ2) is 5.69. The molecule has 0 aliphatic carbocycles. The van der Waals surface area contributed by atoms with Gasteiger partial charge in [-0.25, -0.2) is 4.98 Å². The van der Waals surface area contributed by atoms with Gasteiger partial charge in [0.05, 0.1) is 11.3 Å². The van der Waals surface area contributed by atoms with Crippen LogP contribution in [0.25, 0.3) is 11.4 Å². The van der Waals surface area contributed by atoms with Gasteiger partial charge < -0.3 is 9.47 Å². The normalized spacial score (nSPS) is 12.5. The third-order valence-corrected chi connectivity index (χ3v) is 4.08. The summed E-state index contributed by atoms with van der Waals surface area (Å²) in [6.07, 6.45) is 1.78. The zero-order valence-electron chi connectivity index (χ0n) is 11.5. The molecule has 0 amide bonds. The van der Waals surface area contributed by atoms with Crippen LogP contribution >= 0.6 is 11.8 Å². The summed E-state index contributed by atoms with van der Waals surface area (Å²) in [6.45, 7) is 0.234. The summed E-state index contributed by atoms with van der Waals surface area (Å²) in [7, 11) is 0. The topological polar surface area (TPSA) is 72.9 Å². The summed E-state index contributed by atoms with van der Waals surface area (Å²) in [5.74, 6) is 2.76. The van der Waals surface area contributed by atoms with Crippen LogP contribution in [0.15, 0.2) is 47.8 Å². The van der Waals surface area contributed by atoms with Gasteiger partial charge in [0.1, 0.15) is 0 Å². The number of pyridine rings is 1. The van der Waals surface area contributed by atoms with E-state index in [0.29, 0.717) is 11.6 Å². The van der Waals surface area contributed by atoms with Gasteiger partial charge in [-0.1, -0.05) is 23.9 Å². The van der Waals surface area contributed by atoms with Crippen LogP contribution in [-0.4, -0.2) is 27.0 Å². The number of fused-ring (bicyclic) bond motifs is 1. The van der Waals surface area contributed by atoms with Gasteiger partial charge in [0.15, 0.2) is 22.5 Å². The summed E-state index contributed by atoms with van der Waals surface area (Å²) in [4.78, 5) is 8.79. The number of aromatic nitrogens is 4. The highest BCUT2D eigenvalue weighted by atomic mass is 32.2. The number of hydrogen-bond acceptors (Lipinski definition) is 6. The Kier molecular flexibility index (Phi) is 3.40. The van der Waals surface area contributed by atoms with Crippen molar-refractivity contribution in [2.45, 2.75) is 10.9 Å². The Hall–Kier alpha value is -2.54. The number of aromatic amines is 1. The summed E-state index contributed by atoms with van der Waals surface area (Å²) < 4.78 is 10.9. The quantitative estimate of drug-likeness (QED) is 0.747. The molecular weight excluding hydrogens is 300 g/mol.